The molecule has 0 bridgehead atoms. The molecule has 3 nitrogen and oxygen atoms in total. The van der Waals surface area contributed by atoms with Crippen LogP contribution in [-0.4, -0.2) is 10.2 Å². The average molecular weight is 123 g/mol. The van der Waals surface area contributed by atoms with Crippen molar-refractivity contribution in [3.05, 3.63) is 24.0 Å². The zero-order valence-corrected chi connectivity index (χ0v) is 5.28. The van der Waals surface area contributed by atoms with Crippen LogP contribution in [-0.2, 0) is 0 Å². The summed E-state index contributed by atoms with van der Waals surface area (Å²) in [7, 11) is 0. The minimum atomic E-state index is 0.0560. The van der Waals surface area contributed by atoms with Gasteiger partial charge in [0.1, 0.15) is 0 Å². The molecular formula is C6H9N3. The van der Waals surface area contributed by atoms with Crippen molar-refractivity contribution < 1.29 is 0 Å². The van der Waals surface area contributed by atoms with E-state index in [2.05, 4.69) is 10.2 Å². The first kappa shape index (κ1) is 6.16. The normalized spacial score (nSPS) is 13.1. The summed E-state index contributed by atoms with van der Waals surface area (Å²) in [4.78, 5) is 0. The van der Waals surface area contributed by atoms with Gasteiger partial charge >= 0.3 is 0 Å². The third-order valence-corrected chi connectivity index (χ3v) is 1.13. The summed E-state index contributed by atoms with van der Waals surface area (Å²) in [6.07, 6.45) is 3.31. The highest BCUT2D eigenvalue weighted by Gasteiger charge is 1.95. The highest BCUT2D eigenvalue weighted by Crippen LogP contribution is 2.03. The van der Waals surface area contributed by atoms with Crippen LogP contribution in [0.25, 0.3) is 0 Å². The summed E-state index contributed by atoms with van der Waals surface area (Å²) in [5.74, 6) is 0. The van der Waals surface area contributed by atoms with Gasteiger partial charge in [-0.3, -0.25) is 0 Å². The first-order chi connectivity index (χ1) is 4.30. The summed E-state index contributed by atoms with van der Waals surface area (Å²) >= 11 is 0. The summed E-state index contributed by atoms with van der Waals surface area (Å²) < 4.78 is 0. The molecular weight excluding hydrogens is 114 g/mol. The van der Waals surface area contributed by atoms with Crippen molar-refractivity contribution in [2.75, 3.05) is 0 Å². The van der Waals surface area contributed by atoms with E-state index in [1.165, 1.54) is 0 Å². The second-order valence-electron chi connectivity index (χ2n) is 1.96. The van der Waals surface area contributed by atoms with Crippen molar-refractivity contribution in [3.63, 3.8) is 0 Å². The van der Waals surface area contributed by atoms with Crippen LogP contribution in [0.2, 0.25) is 0 Å². The van der Waals surface area contributed by atoms with E-state index in [-0.39, 0.29) is 6.04 Å². The Morgan fingerprint density at radius 2 is 2.33 bits per heavy atom. The summed E-state index contributed by atoms with van der Waals surface area (Å²) in [6, 6.07) is 1.91. The SMILES string of the molecule is CC(N)c1ccnnc1. The smallest absolute Gasteiger partial charge is 0.0543 e. The van der Waals surface area contributed by atoms with Crippen LogP contribution >= 0.6 is 0 Å². The molecule has 0 aliphatic carbocycles. The molecule has 0 spiro atoms. The van der Waals surface area contributed by atoms with Gasteiger partial charge in [-0.1, -0.05) is 0 Å². The highest BCUT2D eigenvalue weighted by atomic mass is 15.1. The molecule has 1 atom stereocenters. The van der Waals surface area contributed by atoms with Crippen LogP contribution in [0.15, 0.2) is 18.5 Å². The maximum atomic E-state index is 5.55. The van der Waals surface area contributed by atoms with Gasteiger partial charge in [0, 0.05) is 12.2 Å². The van der Waals surface area contributed by atoms with Gasteiger partial charge in [0.2, 0.25) is 0 Å². The van der Waals surface area contributed by atoms with Crippen molar-refractivity contribution in [1.82, 2.24) is 10.2 Å². The lowest BCUT2D eigenvalue weighted by Gasteiger charge is -2.00. The van der Waals surface area contributed by atoms with Crippen LogP contribution in [0.5, 0.6) is 0 Å². The quantitative estimate of drug-likeness (QED) is 0.591. The minimum Gasteiger partial charge on any atom is -0.324 e. The lowest BCUT2D eigenvalue weighted by atomic mass is 10.2. The molecule has 0 aliphatic rings. The van der Waals surface area contributed by atoms with Crippen molar-refractivity contribution >= 4 is 0 Å². The van der Waals surface area contributed by atoms with Gasteiger partial charge in [-0.05, 0) is 18.6 Å². The number of nitrogens with two attached hydrogens (primary N) is 1. The molecule has 0 aromatic carbocycles. The van der Waals surface area contributed by atoms with Gasteiger partial charge in [-0.2, -0.15) is 10.2 Å². The van der Waals surface area contributed by atoms with E-state index in [1.807, 2.05) is 13.0 Å². The van der Waals surface area contributed by atoms with Crippen LogP contribution < -0.4 is 5.73 Å². The van der Waals surface area contributed by atoms with E-state index in [9.17, 15) is 0 Å². The molecule has 0 saturated carbocycles. The Morgan fingerprint density at radius 3 is 2.67 bits per heavy atom. The van der Waals surface area contributed by atoms with E-state index < -0.39 is 0 Å². The Morgan fingerprint density at radius 1 is 1.56 bits per heavy atom. The van der Waals surface area contributed by atoms with E-state index in [0.29, 0.717) is 0 Å². The van der Waals surface area contributed by atoms with Crippen molar-refractivity contribution in [3.8, 4) is 0 Å². The molecule has 48 valence electrons. The van der Waals surface area contributed by atoms with Gasteiger partial charge < -0.3 is 5.73 Å². The van der Waals surface area contributed by atoms with Crippen molar-refractivity contribution in [1.29, 1.82) is 0 Å². The van der Waals surface area contributed by atoms with E-state index in [1.54, 1.807) is 12.4 Å². The Labute approximate surface area is 53.9 Å². The largest absolute Gasteiger partial charge is 0.324 e. The van der Waals surface area contributed by atoms with Gasteiger partial charge in [0.25, 0.3) is 0 Å². The Bertz CT molecular complexity index is 171. The second-order valence-corrected chi connectivity index (χ2v) is 1.96. The molecule has 9 heavy (non-hydrogen) atoms. The number of rotatable bonds is 1. The maximum absolute atomic E-state index is 5.55. The number of aromatic nitrogens is 2. The zero-order valence-electron chi connectivity index (χ0n) is 5.28. The third-order valence-electron chi connectivity index (χ3n) is 1.13. The van der Waals surface area contributed by atoms with Gasteiger partial charge in [0.05, 0.1) is 6.20 Å². The predicted molar refractivity (Wildman–Crippen MR) is 34.6 cm³/mol. The molecule has 1 aromatic heterocycles. The molecule has 1 aromatic rings. The molecule has 2 N–H and O–H groups in total. The topological polar surface area (TPSA) is 51.8 Å². The molecule has 0 fully saturated rings. The average Bonchev–Trinajstić information content (AvgIpc) is 1.90. The fourth-order valence-electron chi connectivity index (χ4n) is 0.570. The lowest BCUT2D eigenvalue weighted by Crippen LogP contribution is -2.04. The molecule has 1 unspecified atom stereocenters. The van der Waals surface area contributed by atoms with Gasteiger partial charge in [-0.15, -0.1) is 0 Å². The first-order valence-electron chi connectivity index (χ1n) is 2.83. The summed E-state index contributed by atoms with van der Waals surface area (Å²) in [5.41, 5.74) is 6.56. The molecule has 0 amide bonds. The molecule has 1 heterocycles. The third kappa shape index (κ3) is 1.47. The van der Waals surface area contributed by atoms with E-state index >= 15 is 0 Å². The van der Waals surface area contributed by atoms with E-state index in [4.69, 9.17) is 5.73 Å². The Kier molecular flexibility index (Phi) is 1.75. The standard InChI is InChI=1S/C6H9N3/c1-5(7)6-2-3-8-9-4-6/h2-5H,7H2,1H3. The summed E-state index contributed by atoms with van der Waals surface area (Å²) in [5, 5.41) is 7.30. The summed E-state index contributed by atoms with van der Waals surface area (Å²) in [6.45, 7) is 1.91. The van der Waals surface area contributed by atoms with Crippen molar-refractivity contribution in [2.45, 2.75) is 13.0 Å². The van der Waals surface area contributed by atoms with E-state index in [0.717, 1.165) is 5.56 Å². The lowest BCUT2D eigenvalue weighted by molar-refractivity contribution is 0.800. The van der Waals surface area contributed by atoms with Crippen LogP contribution in [0.1, 0.15) is 18.5 Å². The van der Waals surface area contributed by atoms with Crippen LogP contribution in [0.4, 0.5) is 0 Å². The molecule has 0 aliphatic heterocycles. The van der Waals surface area contributed by atoms with Crippen molar-refractivity contribution in [2.24, 2.45) is 5.73 Å². The first-order valence-corrected chi connectivity index (χ1v) is 2.83. The van der Waals surface area contributed by atoms with Gasteiger partial charge in [-0.25, -0.2) is 0 Å². The maximum Gasteiger partial charge on any atom is 0.0543 e. The Hall–Kier alpha value is -0.960. The second kappa shape index (κ2) is 2.55. The molecule has 1 rings (SSSR count). The van der Waals surface area contributed by atoms with Crippen LogP contribution in [0, 0.1) is 0 Å². The predicted octanol–water partition coefficient (Wildman–Crippen LogP) is 0.496. The zero-order chi connectivity index (χ0) is 6.69. The number of nitrogens with zero attached hydrogens (tertiary/aromatic N) is 2. The number of hydrogen-bond acceptors (Lipinski definition) is 3. The molecule has 0 saturated heterocycles. The Balaban J connectivity index is 2.85. The molecule has 3 heteroatoms. The van der Waals surface area contributed by atoms with Gasteiger partial charge in [0.15, 0.2) is 0 Å². The monoisotopic (exact) mass is 123 g/mol. The fourth-order valence-corrected chi connectivity index (χ4v) is 0.570. The number of hydrogen-bond donors (Lipinski definition) is 1. The van der Waals surface area contributed by atoms with Crippen LogP contribution in [0.3, 0.4) is 0 Å². The molecule has 0 radical (unpaired) electrons. The minimum absolute atomic E-state index is 0.0560. The fraction of sp³-hybridized carbons (Fsp3) is 0.333. The highest BCUT2D eigenvalue weighted by molar-refractivity contribution is 5.08.